The van der Waals surface area contributed by atoms with Gasteiger partial charge in [-0.3, -0.25) is 0 Å². The van der Waals surface area contributed by atoms with Crippen molar-refractivity contribution in [2.75, 3.05) is 7.11 Å². The summed E-state index contributed by atoms with van der Waals surface area (Å²) in [6.45, 7) is 0. The zero-order valence-corrected chi connectivity index (χ0v) is 12.0. The zero-order chi connectivity index (χ0) is 12.8. The number of benzene rings is 1. The van der Waals surface area contributed by atoms with Crippen LogP contribution >= 0.6 is 11.6 Å². The third kappa shape index (κ3) is 4.20. The van der Waals surface area contributed by atoms with Crippen molar-refractivity contribution in [3.05, 3.63) is 29.8 Å². The van der Waals surface area contributed by atoms with Crippen LogP contribution in [0.2, 0.25) is 0 Å². The van der Waals surface area contributed by atoms with Crippen molar-refractivity contribution in [2.45, 2.75) is 50.3 Å². The quantitative estimate of drug-likeness (QED) is 0.671. The lowest BCUT2D eigenvalue weighted by molar-refractivity contribution is 0.414. The highest BCUT2D eigenvalue weighted by Gasteiger charge is 2.16. The minimum atomic E-state index is 0.277. The van der Waals surface area contributed by atoms with E-state index in [1.54, 1.807) is 7.11 Å². The number of alkyl halides is 1. The number of halogens is 1. The Bertz CT molecular complexity index is 341. The molecule has 0 radical (unpaired) electrons. The van der Waals surface area contributed by atoms with Gasteiger partial charge in [-0.15, -0.1) is 11.6 Å². The summed E-state index contributed by atoms with van der Waals surface area (Å²) in [6, 6.07) is 8.25. The van der Waals surface area contributed by atoms with Crippen LogP contribution in [0.3, 0.4) is 0 Å². The molecule has 100 valence electrons. The van der Waals surface area contributed by atoms with Crippen LogP contribution in [-0.4, -0.2) is 12.5 Å². The van der Waals surface area contributed by atoms with Gasteiger partial charge in [-0.05, 0) is 42.9 Å². The van der Waals surface area contributed by atoms with Crippen LogP contribution in [0.1, 0.15) is 44.1 Å². The van der Waals surface area contributed by atoms with E-state index in [1.807, 2.05) is 12.1 Å². The van der Waals surface area contributed by atoms with Crippen molar-refractivity contribution in [3.63, 3.8) is 0 Å². The molecule has 0 amide bonds. The van der Waals surface area contributed by atoms with Crippen molar-refractivity contribution in [2.24, 2.45) is 5.92 Å². The Morgan fingerprint density at radius 2 is 1.89 bits per heavy atom. The summed E-state index contributed by atoms with van der Waals surface area (Å²) >= 11 is 6.44. The molecule has 1 aliphatic rings. The summed E-state index contributed by atoms with van der Waals surface area (Å²) in [4.78, 5) is 0. The van der Waals surface area contributed by atoms with Gasteiger partial charge in [0, 0.05) is 5.38 Å². The molecule has 2 heteroatoms. The number of rotatable bonds is 6. The molecule has 1 fully saturated rings. The van der Waals surface area contributed by atoms with Crippen LogP contribution in [-0.2, 0) is 6.42 Å². The average molecular weight is 267 g/mol. The maximum atomic E-state index is 6.44. The van der Waals surface area contributed by atoms with Crippen molar-refractivity contribution < 1.29 is 4.74 Å². The molecule has 1 atom stereocenters. The molecule has 1 aromatic rings. The molecule has 0 spiro atoms. The topological polar surface area (TPSA) is 9.23 Å². The molecule has 0 bridgehead atoms. The van der Waals surface area contributed by atoms with Crippen molar-refractivity contribution in [3.8, 4) is 5.75 Å². The first-order valence-corrected chi connectivity index (χ1v) is 7.48. The maximum absolute atomic E-state index is 6.44. The second-order valence-electron chi connectivity index (χ2n) is 5.38. The van der Waals surface area contributed by atoms with E-state index < -0.39 is 0 Å². The smallest absolute Gasteiger partial charge is 0.118 e. The van der Waals surface area contributed by atoms with E-state index in [1.165, 1.54) is 37.7 Å². The van der Waals surface area contributed by atoms with Crippen molar-refractivity contribution in [1.82, 2.24) is 0 Å². The molecular formula is C16H23ClO. The fourth-order valence-electron chi connectivity index (χ4n) is 2.84. The number of methoxy groups -OCH3 is 1. The second kappa shape index (κ2) is 7.04. The summed E-state index contributed by atoms with van der Waals surface area (Å²) in [7, 11) is 1.70. The van der Waals surface area contributed by atoms with E-state index in [9.17, 15) is 0 Å². The Hall–Kier alpha value is -0.690. The lowest BCUT2D eigenvalue weighted by Crippen LogP contribution is -2.06. The molecule has 18 heavy (non-hydrogen) atoms. The summed E-state index contributed by atoms with van der Waals surface area (Å²) in [6.07, 6.45) is 9.13. The molecule has 0 aliphatic heterocycles. The van der Waals surface area contributed by atoms with Crippen molar-refractivity contribution >= 4 is 11.6 Å². The molecular weight excluding hydrogens is 244 g/mol. The molecule has 0 N–H and O–H groups in total. The lowest BCUT2D eigenvalue weighted by atomic mass is 9.98. The Morgan fingerprint density at radius 1 is 1.22 bits per heavy atom. The van der Waals surface area contributed by atoms with Gasteiger partial charge in [0.2, 0.25) is 0 Å². The monoisotopic (exact) mass is 266 g/mol. The van der Waals surface area contributed by atoms with Crippen LogP contribution in [0, 0.1) is 5.92 Å². The molecule has 2 rings (SSSR count). The Labute approximate surface area is 115 Å². The molecule has 0 saturated heterocycles. The van der Waals surface area contributed by atoms with Gasteiger partial charge in [-0.2, -0.15) is 0 Å². The van der Waals surface area contributed by atoms with Gasteiger partial charge >= 0.3 is 0 Å². The van der Waals surface area contributed by atoms with Crippen molar-refractivity contribution in [1.29, 1.82) is 0 Å². The van der Waals surface area contributed by atoms with Crippen LogP contribution < -0.4 is 4.74 Å². The minimum absolute atomic E-state index is 0.277. The van der Waals surface area contributed by atoms with E-state index in [-0.39, 0.29) is 5.38 Å². The molecule has 0 heterocycles. The molecule has 1 unspecified atom stereocenters. The minimum Gasteiger partial charge on any atom is -0.497 e. The van der Waals surface area contributed by atoms with Crippen LogP contribution in [0.4, 0.5) is 0 Å². The predicted molar refractivity (Wildman–Crippen MR) is 77.5 cm³/mol. The molecule has 1 saturated carbocycles. The number of hydrogen-bond acceptors (Lipinski definition) is 1. The van der Waals surface area contributed by atoms with Gasteiger partial charge in [0.05, 0.1) is 7.11 Å². The molecule has 0 aromatic heterocycles. The average Bonchev–Trinajstić information content (AvgIpc) is 2.90. The highest BCUT2D eigenvalue weighted by atomic mass is 35.5. The van der Waals surface area contributed by atoms with Gasteiger partial charge in [0.25, 0.3) is 0 Å². The third-order valence-corrected chi connectivity index (χ3v) is 4.35. The lowest BCUT2D eigenvalue weighted by Gasteiger charge is -2.13. The van der Waals surface area contributed by atoms with E-state index in [0.29, 0.717) is 0 Å². The molecule has 1 aromatic carbocycles. The van der Waals surface area contributed by atoms with E-state index in [4.69, 9.17) is 16.3 Å². The first kappa shape index (κ1) is 13.7. The van der Waals surface area contributed by atoms with E-state index in [0.717, 1.165) is 24.5 Å². The number of hydrogen-bond donors (Lipinski definition) is 0. The Balaban J connectivity index is 1.73. The molecule has 1 nitrogen and oxygen atoms in total. The van der Waals surface area contributed by atoms with E-state index >= 15 is 0 Å². The summed E-state index contributed by atoms with van der Waals surface area (Å²) < 4.78 is 5.16. The van der Waals surface area contributed by atoms with Gasteiger partial charge in [-0.1, -0.05) is 37.8 Å². The predicted octanol–water partition coefficient (Wildman–Crippen LogP) is 4.82. The Kier molecular flexibility index (Phi) is 5.37. The SMILES string of the molecule is COc1ccc(CC(Cl)CCC2CCCC2)cc1. The summed E-state index contributed by atoms with van der Waals surface area (Å²) in [5.74, 6) is 1.86. The largest absolute Gasteiger partial charge is 0.497 e. The highest BCUT2D eigenvalue weighted by Crippen LogP contribution is 2.30. The zero-order valence-electron chi connectivity index (χ0n) is 11.2. The Morgan fingerprint density at radius 3 is 2.50 bits per heavy atom. The van der Waals surface area contributed by atoms with Crippen LogP contribution in [0.15, 0.2) is 24.3 Å². The van der Waals surface area contributed by atoms with Crippen LogP contribution in [0.25, 0.3) is 0 Å². The fourth-order valence-corrected chi connectivity index (χ4v) is 3.14. The van der Waals surface area contributed by atoms with E-state index in [2.05, 4.69) is 12.1 Å². The number of ether oxygens (including phenoxy) is 1. The third-order valence-electron chi connectivity index (χ3n) is 3.98. The fraction of sp³-hybridized carbons (Fsp3) is 0.625. The summed E-state index contributed by atoms with van der Waals surface area (Å²) in [5, 5.41) is 0.277. The van der Waals surface area contributed by atoms with Crippen LogP contribution in [0.5, 0.6) is 5.75 Å². The highest BCUT2D eigenvalue weighted by molar-refractivity contribution is 6.20. The molecule has 1 aliphatic carbocycles. The van der Waals surface area contributed by atoms with Gasteiger partial charge in [0.1, 0.15) is 5.75 Å². The summed E-state index contributed by atoms with van der Waals surface area (Å²) in [5.41, 5.74) is 1.31. The van der Waals surface area contributed by atoms with Gasteiger partial charge < -0.3 is 4.74 Å². The standard InChI is InChI=1S/C16H23ClO/c1-18-16-10-7-14(8-11-16)12-15(17)9-6-13-4-2-3-5-13/h7-8,10-11,13,15H,2-6,9,12H2,1H3. The first-order valence-electron chi connectivity index (χ1n) is 7.05. The van der Waals surface area contributed by atoms with Gasteiger partial charge in [-0.25, -0.2) is 0 Å². The maximum Gasteiger partial charge on any atom is 0.118 e. The normalized spacial score (nSPS) is 17.9. The second-order valence-corrected chi connectivity index (χ2v) is 5.99. The first-order chi connectivity index (χ1) is 8.78. The van der Waals surface area contributed by atoms with Gasteiger partial charge in [0.15, 0.2) is 0 Å².